The molecule has 3 aliphatic rings. The molecule has 0 radical (unpaired) electrons. The van der Waals surface area contributed by atoms with Crippen molar-refractivity contribution in [1.29, 1.82) is 0 Å². The van der Waals surface area contributed by atoms with Crippen molar-refractivity contribution in [1.82, 2.24) is 15.1 Å². The van der Waals surface area contributed by atoms with Gasteiger partial charge in [0, 0.05) is 31.7 Å². The molecular formula is C17H29N3O2S. The minimum atomic E-state index is 0.167. The van der Waals surface area contributed by atoms with E-state index in [1.54, 1.807) is 11.8 Å². The number of hydrogen-bond donors (Lipinski definition) is 1. The van der Waals surface area contributed by atoms with Crippen molar-refractivity contribution in [2.24, 2.45) is 5.92 Å². The first-order valence-electron chi connectivity index (χ1n) is 8.98. The Labute approximate surface area is 143 Å². The molecule has 2 saturated heterocycles. The predicted octanol–water partition coefficient (Wildman–Crippen LogP) is 1.33. The topological polar surface area (TPSA) is 52.7 Å². The summed E-state index contributed by atoms with van der Waals surface area (Å²) in [4.78, 5) is 28.8. The van der Waals surface area contributed by atoms with Crippen LogP contribution < -0.4 is 5.32 Å². The van der Waals surface area contributed by atoms with E-state index in [-0.39, 0.29) is 17.7 Å². The second-order valence-corrected chi connectivity index (χ2v) is 8.03. The second kappa shape index (κ2) is 7.88. The van der Waals surface area contributed by atoms with Gasteiger partial charge in [-0.15, -0.1) is 0 Å². The number of nitrogens with one attached hydrogen (secondary N) is 1. The third kappa shape index (κ3) is 4.63. The zero-order chi connectivity index (χ0) is 16.2. The van der Waals surface area contributed by atoms with E-state index in [0.29, 0.717) is 17.8 Å². The van der Waals surface area contributed by atoms with E-state index >= 15 is 0 Å². The van der Waals surface area contributed by atoms with Gasteiger partial charge in [-0.1, -0.05) is 0 Å². The minimum Gasteiger partial charge on any atom is -0.353 e. The van der Waals surface area contributed by atoms with Gasteiger partial charge in [-0.3, -0.25) is 14.5 Å². The molecule has 6 heteroatoms. The van der Waals surface area contributed by atoms with E-state index in [4.69, 9.17) is 0 Å². The van der Waals surface area contributed by atoms with E-state index in [9.17, 15) is 9.59 Å². The lowest BCUT2D eigenvalue weighted by Gasteiger charge is -2.42. The maximum Gasteiger partial charge on any atom is 0.232 e. The van der Waals surface area contributed by atoms with Gasteiger partial charge in [0.05, 0.1) is 11.7 Å². The summed E-state index contributed by atoms with van der Waals surface area (Å²) >= 11 is 1.60. The molecule has 0 spiro atoms. The van der Waals surface area contributed by atoms with Gasteiger partial charge in [-0.05, 0) is 51.3 Å². The summed E-state index contributed by atoms with van der Waals surface area (Å²) in [7, 11) is 0. The Morgan fingerprint density at radius 1 is 1.09 bits per heavy atom. The average molecular weight is 340 g/mol. The van der Waals surface area contributed by atoms with Crippen molar-refractivity contribution < 1.29 is 9.59 Å². The molecule has 1 saturated carbocycles. The molecule has 2 aliphatic heterocycles. The van der Waals surface area contributed by atoms with E-state index in [1.807, 2.05) is 11.2 Å². The van der Waals surface area contributed by atoms with E-state index in [1.165, 1.54) is 0 Å². The Morgan fingerprint density at radius 2 is 1.83 bits per heavy atom. The first-order valence-corrected chi connectivity index (χ1v) is 10.4. The maximum absolute atomic E-state index is 12.3. The van der Waals surface area contributed by atoms with Crippen molar-refractivity contribution in [3.63, 3.8) is 0 Å². The second-order valence-electron chi connectivity index (χ2n) is 7.16. The zero-order valence-electron chi connectivity index (χ0n) is 14.1. The smallest absolute Gasteiger partial charge is 0.232 e. The molecule has 2 amide bonds. The SMILES string of the molecule is CSCC(=O)N1CCC(N2CCCC(C(=O)NC3CC3)C2)CC1. The Balaban J connectivity index is 1.46. The summed E-state index contributed by atoms with van der Waals surface area (Å²) in [5.41, 5.74) is 0. The van der Waals surface area contributed by atoms with E-state index in [0.717, 1.165) is 64.7 Å². The summed E-state index contributed by atoms with van der Waals surface area (Å²) in [6, 6.07) is 1.01. The monoisotopic (exact) mass is 339 g/mol. The fourth-order valence-corrected chi connectivity index (χ4v) is 4.22. The number of piperidine rings is 2. The molecule has 0 aromatic carbocycles. The van der Waals surface area contributed by atoms with Crippen molar-refractivity contribution in [3.05, 3.63) is 0 Å². The van der Waals surface area contributed by atoms with Crippen LogP contribution in [0.4, 0.5) is 0 Å². The normalized spacial score (nSPS) is 27.0. The fourth-order valence-electron chi connectivity index (χ4n) is 3.79. The molecule has 3 rings (SSSR count). The molecule has 1 atom stereocenters. The summed E-state index contributed by atoms with van der Waals surface area (Å²) < 4.78 is 0. The summed E-state index contributed by atoms with van der Waals surface area (Å²) in [5.74, 6) is 1.30. The summed E-state index contributed by atoms with van der Waals surface area (Å²) in [6.45, 7) is 3.76. The molecule has 1 N–H and O–H groups in total. The predicted molar refractivity (Wildman–Crippen MR) is 93.4 cm³/mol. The molecule has 3 fully saturated rings. The van der Waals surface area contributed by atoms with Crippen LogP contribution in [-0.2, 0) is 9.59 Å². The zero-order valence-corrected chi connectivity index (χ0v) is 14.9. The van der Waals surface area contributed by atoms with Gasteiger partial charge >= 0.3 is 0 Å². The van der Waals surface area contributed by atoms with E-state index < -0.39 is 0 Å². The number of nitrogens with zero attached hydrogens (tertiary/aromatic N) is 2. The van der Waals surface area contributed by atoms with Gasteiger partial charge in [0.15, 0.2) is 0 Å². The summed E-state index contributed by atoms with van der Waals surface area (Å²) in [5, 5.41) is 3.16. The van der Waals surface area contributed by atoms with Gasteiger partial charge in [0.25, 0.3) is 0 Å². The Kier molecular flexibility index (Phi) is 5.85. The van der Waals surface area contributed by atoms with Crippen molar-refractivity contribution in [3.8, 4) is 0 Å². The van der Waals surface area contributed by atoms with Gasteiger partial charge in [-0.2, -0.15) is 11.8 Å². The Morgan fingerprint density at radius 3 is 2.48 bits per heavy atom. The van der Waals surface area contributed by atoms with Crippen LogP contribution in [0.1, 0.15) is 38.5 Å². The lowest BCUT2D eigenvalue weighted by molar-refractivity contribution is -0.130. The third-order valence-corrected chi connectivity index (χ3v) is 5.88. The van der Waals surface area contributed by atoms with Crippen LogP contribution in [0.5, 0.6) is 0 Å². The molecule has 0 aromatic heterocycles. The highest BCUT2D eigenvalue weighted by atomic mass is 32.2. The van der Waals surface area contributed by atoms with Gasteiger partial charge in [-0.25, -0.2) is 0 Å². The molecular weight excluding hydrogens is 310 g/mol. The molecule has 0 aromatic rings. The first-order chi connectivity index (χ1) is 11.2. The molecule has 23 heavy (non-hydrogen) atoms. The number of rotatable bonds is 5. The molecule has 5 nitrogen and oxygen atoms in total. The number of amides is 2. The number of hydrogen-bond acceptors (Lipinski definition) is 4. The number of carbonyl (C=O) groups excluding carboxylic acids is 2. The minimum absolute atomic E-state index is 0.167. The first kappa shape index (κ1) is 17.1. The van der Waals surface area contributed by atoms with Crippen LogP contribution >= 0.6 is 11.8 Å². The van der Waals surface area contributed by atoms with Gasteiger partial charge in [0.1, 0.15) is 0 Å². The highest BCUT2D eigenvalue weighted by molar-refractivity contribution is 7.99. The number of thioether (sulfide) groups is 1. The molecule has 130 valence electrons. The van der Waals surface area contributed by atoms with Crippen LogP contribution in [0, 0.1) is 5.92 Å². The lowest BCUT2D eigenvalue weighted by atomic mass is 9.93. The maximum atomic E-state index is 12.3. The number of likely N-dealkylation sites (tertiary alicyclic amines) is 2. The molecule has 2 heterocycles. The Hall–Kier alpha value is -0.750. The van der Waals surface area contributed by atoms with Crippen molar-refractivity contribution in [2.45, 2.75) is 50.6 Å². The quantitative estimate of drug-likeness (QED) is 0.821. The van der Waals surface area contributed by atoms with Crippen LogP contribution in [0.2, 0.25) is 0 Å². The lowest BCUT2D eigenvalue weighted by Crippen LogP contribution is -2.51. The number of carbonyl (C=O) groups is 2. The molecule has 1 aliphatic carbocycles. The summed E-state index contributed by atoms with van der Waals surface area (Å²) in [6.07, 6.45) is 8.54. The van der Waals surface area contributed by atoms with Gasteiger partial charge in [0.2, 0.25) is 11.8 Å². The Bertz CT molecular complexity index is 434. The highest BCUT2D eigenvalue weighted by Gasteiger charge is 2.34. The van der Waals surface area contributed by atoms with Crippen LogP contribution in [0.25, 0.3) is 0 Å². The van der Waals surface area contributed by atoms with Crippen molar-refractivity contribution >= 4 is 23.6 Å². The fraction of sp³-hybridized carbons (Fsp3) is 0.882. The van der Waals surface area contributed by atoms with Crippen LogP contribution in [0.15, 0.2) is 0 Å². The van der Waals surface area contributed by atoms with Crippen molar-refractivity contribution in [2.75, 3.05) is 38.2 Å². The third-order valence-electron chi connectivity index (χ3n) is 5.35. The van der Waals surface area contributed by atoms with Crippen LogP contribution in [0.3, 0.4) is 0 Å². The van der Waals surface area contributed by atoms with E-state index in [2.05, 4.69) is 10.2 Å². The highest BCUT2D eigenvalue weighted by Crippen LogP contribution is 2.26. The average Bonchev–Trinajstić information content (AvgIpc) is 3.39. The molecule has 0 bridgehead atoms. The standard InChI is InChI=1S/C17H29N3O2S/c1-23-12-16(21)19-9-6-15(7-10-19)20-8-2-3-13(11-20)17(22)18-14-4-5-14/h13-15H,2-12H2,1H3,(H,18,22). The largest absolute Gasteiger partial charge is 0.353 e. The van der Waals surface area contributed by atoms with Gasteiger partial charge < -0.3 is 10.2 Å². The van der Waals surface area contributed by atoms with Crippen LogP contribution in [-0.4, -0.2) is 71.9 Å². The molecule has 1 unspecified atom stereocenters.